The Morgan fingerprint density at radius 2 is 1.65 bits per heavy atom. The molecule has 1 saturated carbocycles. The number of hydrogen-bond acceptors (Lipinski definition) is 2. The molecule has 1 heterocycles. The van der Waals surface area contributed by atoms with E-state index in [4.69, 9.17) is 16.3 Å². The highest BCUT2D eigenvalue weighted by Crippen LogP contribution is 2.45. The lowest BCUT2D eigenvalue weighted by molar-refractivity contribution is -0.144. The van der Waals surface area contributed by atoms with Crippen molar-refractivity contribution >= 4 is 17.5 Å². The van der Waals surface area contributed by atoms with Gasteiger partial charge in [-0.2, -0.15) is 13.2 Å². The van der Waals surface area contributed by atoms with E-state index in [1.165, 1.54) is 12.1 Å². The summed E-state index contributed by atoms with van der Waals surface area (Å²) >= 11 is 6.01. The van der Waals surface area contributed by atoms with Crippen molar-refractivity contribution in [2.45, 2.75) is 56.4 Å². The Bertz CT molecular complexity index is 900. The molecule has 7 heteroatoms. The van der Waals surface area contributed by atoms with Crippen molar-refractivity contribution in [3.63, 3.8) is 0 Å². The molecule has 0 aromatic heterocycles. The highest BCUT2D eigenvalue weighted by molar-refractivity contribution is 6.30. The standard InChI is InChI=1S/C24H25ClF3NO2/c25-20-8-6-18(7-9-20)23(12-1-13-23)22(30)29-14-10-21(11-15-29)31-16-17-2-4-19(5-3-17)24(26,27)28/h2-9,21H,1,10-16H2. The summed E-state index contributed by atoms with van der Waals surface area (Å²) < 4.78 is 43.9. The van der Waals surface area contributed by atoms with Gasteiger partial charge in [-0.15, -0.1) is 0 Å². The van der Waals surface area contributed by atoms with E-state index in [9.17, 15) is 18.0 Å². The molecule has 0 spiro atoms. The highest BCUT2D eigenvalue weighted by atomic mass is 35.5. The third kappa shape index (κ3) is 4.75. The summed E-state index contributed by atoms with van der Waals surface area (Å²) in [5.41, 5.74) is 0.656. The summed E-state index contributed by atoms with van der Waals surface area (Å²) in [7, 11) is 0. The van der Waals surface area contributed by atoms with Gasteiger partial charge in [0, 0.05) is 18.1 Å². The molecule has 3 nitrogen and oxygen atoms in total. The van der Waals surface area contributed by atoms with Crippen LogP contribution in [0.2, 0.25) is 5.02 Å². The highest BCUT2D eigenvalue weighted by Gasteiger charge is 2.48. The zero-order valence-corrected chi connectivity index (χ0v) is 17.9. The zero-order chi connectivity index (χ0) is 22.1. The first kappa shape index (κ1) is 22.2. The molecule has 0 radical (unpaired) electrons. The second kappa shape index (κ2) is 8.83. The molecule has 1 aliphatic heterocycles. The molecule has 2 aromatic rings. The maximum atomic E-state index is 13.3. The van der Waals surface area contributed by atoms with E-state index in [1.807, 2.05) is 29.2 Å². The third-order valence-electron chi connectivity index (χ3n) is 6.51. The fourth-order valence-electron chi connectivity index (χ4n) is 4.46. The lowest BCUT2D eigenvalue weighted by Gasteiger charge is -2.45. The van der Waals surface area contributed by atoms with Crippen molar-refractivity contribution in [3.8, 4) is 0 Å². The third-order valence-corrected chi connectivity index (χ3v) is 6.76. The first-order valence-corrected chi connectivity index (χ1v) is 11.0. The second-order valence-electron chi connectivity index (χ2n) is 8.44. The fraction of sp³-hybridized carbons (Fsp3) is 0.458. The van der Waals surface area contributed by atoms with Crippen molar-refractivity contribution in [2.24, 2.45) is 0 Å². The number of hydrogen-bond donors (Lipinski definition) is 0. The predicted molar refractivity (Wildman–Crippen MR) is 113 cm³/mol. The lowest BCUT2D eigenvalue weighted by Crippen LogP contribution is -2.53. The van der Waals surface area contributed by atoms with Gasteiger partial charge in [-0.1, -0.05) is 42.3 Å². The van der Waals surface area contributed by atoms with Crippen LogP contribution in [0.5, 0.6) is 0 Å². The average molecular weight is 452 g/mol. The van der Waals surface area contributed by atoms with Gasteiger partial charge in [-0.05, 0) is 61.1 Å². The minimum atomic E-state index is -4.33. The van der Waals surface area contributed by atoms with E-state index >= 15 is 0 Å². The van der Waals surface area contributed by atoms with Crippen molar-refractivity contribution in [3.05, 3.63) is 70.2 Å². The van der Waals surface area contributed by atoms with E-state index in [0.29, 0.717) is 23.7 Å². The number of carbonyl (C=O) groups is 1. The Morgan fingerprint density at radius 1 is 1.03 bits per heavy atom. The molecule has 2 aliphatic rings. The van der Waals surface area contributed by atoms with E-state index in [0.717, 1.165) is 49.8 Å². The Balaban J connectivity index is 1.30. The summed E-state index contributed by atoms with van der Waals surface area (Å²) in [6.45, 7) is 1.53. The first-order valence-electron chi connectivity index (χ1n) is 10.6. The quantitative estimate of drug-likeness (QED) is 0.559. The number of nitrogens with zero attached hydrogens (tertiary/aromatic N) is 1. The minimum Gasteiger partial charge on any atom is -0.373 e. The molecule has 4 rings (SSSR count). The van der Waals surface area contributed by atoms with E-state index < -0.39 is 17.2 Å². The fourth-order valence-corrected chi connectivity index (χ4v) is 4.58. The van der Waals surface area contributed by atoms with E-state index in [-0.39, 0.29) is 18.6 Å². The number of carbonyl (C=O) groups excluding carboxylic acids is 1. The number of likely N-dealkylation sites (tertiary alicyclic amines) is 1. The summed E-state index contributed by atoms with van der Waals surface area (Å²) in [6.07, 6.45) is -0.120. The summed E-state index contributed by atoms with van der Waals surface area (Å²) in [5.74, 6) is 0.183. The maximum Gasteiger partial charge on any atom is 0.416 e. The molecule has 1 saturated heterocycles. The van der Waals surface area contributed by atoms with E-state index in [1.54, 1.807) is 0 Å². The van der Waals surface area contributed by atoms with Crippen LogP contribution in [-0.4, -0.2) is 30.0 Å². The maximum absolute atomic E-state index is 13.3. The molecule has 1 amide bonds. The van der Waals surface area contributed by atoms with Crippen LogP contribution < -0.4 is 0 Å². The monoisotopic (exact) mass is 451 g/mol. The minimum absolute atomic E-state index is 0.000727. The van der Waals surface area contributed by atoms with Crippen LogP contribution in [0.4, 0.5) is 13.2 Å². The number of benzene rings is 2. The number of ether oxygens (including phenoxy) is 1. The van der Waals surface area contributed by atoms with Crippen LogP contribution in [0.15, 0.2) is 48.5 Å². The number of piperidine rings is 1. The molecule has 2 fully saturated rings. The zero-order valence-electron chi connectivity index (χ0n) is 17.1. The largest absolute Gasteiger partial charge is 0.416 e. The Morgan fingerprint density at radius 3 is 2.16 bits per heavy atom. The topological polar surface area (TPSA) is 29.5 Å². The van der Waals surface area contributed by atoms with Gasteiger partial charge in [0.05, 0.1) is 23.7 Å². The molecule has 0 atom stereocenters. The molecule has 0 bridgehead atoms. The Kier molecular flexibility index (Phi) is 6.31. The molecule has 2 aromatic carbocycles. The van der Waals surface area contributed by atoms with Crippen LogP contribution >= 0.6 is 11.6 Å². The predicted octanol–water partition coefficient (Wildman–Crippen LogP) is 5.99. The molecule has 1 aliphatic carbocycles. The molecular formula is C24H25ClF3NO2. The van der Waals surface area contributed by atoms with E-state index in [2.05, 4.69) is 0 Å². The van der Waals surface area contributed by atoms with Gasteiger partial charge in [0.15, 0.2) is 0 Å². The molecular weight excluding hydrogens is 427 g/mol. The first-order chi connectivity index (χ1) is 14.8. The number of amides is 1. The summed E-state index contributed by atoms with van der Waals surface area (Å²) in [6, 6.07) is 12.7. The molecule has 0 N–H and O–H groups in total. The van der Waals surface area contributed by atoms with Gasteiger partial charge in [0.2, 0.25) is 5.91 Å². The van der Waals surface area contributed by atoms with Crippen molar-refractivity contribution in [1.82, 2.24) is 4.90 Å². The Hall–Kier alpha value is -2.05. The van der Waals surface area contributed by atoms with Gasteiger partial charge < -0.3 is 9.64 Å². The van der Waals surface area contributed by atoms with Crippen LogP contribution in [0.1, 0.15) is 48.8 Å². The lowest BCUT2D eigenvalue weighted by atomic mass is 9.63. The van der Waals surface area contributed by atoms with Crippen molar-refractivity contribution in [2.75, 3.05) is 13.1 Å². The van der Waals surface area contributed by atoms with Crippen LogP contribution in [0, 0.1) is 0 Å². The Labute approximate surface area is 185 Å². The number of alkyl halides is 3. The van der Waals surface area contributed by atoms with Crippen LogP contribution in [-0.2, 0) is 27.7 Å². The van der Waals surface area contributed by atoms with Gasteiger partial charge in [-0.25, -0.2) is 0 Å². The van der Waals surface area contributed by atoms with Crippen molar-refractivity contribution in [1.29, 1.82) is 0 Å². The van der Waals surface area contributed by atoms with Crippen LogP contribution in [0.3, 0.4) is 0 Å². The number of halogens is 4. The van der Waals surface area contributed by atoms with Gasteiger partial charge in [0.1, 0.15) is 0 Å². The van der Waals surface area contributed by atoms with Gasteiger partial charge >= 0.3 is 6.18 Å². The molecule has 31 heavy (non-hydrogen) atoms. The van der Waals surface area contributed by atoms with Gasteiger partial charge in [0.25, 0.3) is 0 Å². The van der Waals surface area contributed by atoms with Crippen molar-refractivity contribution < 1.29 is 22.7 Å². The normalized spacial score (nSPS) is 19.2. The smallest absolute Gasteiger partial charge is 0.373 e. The average Bonchev–Trinajstić information content (AvgIpc) is 2.73. The molecule has 0 unspecified atom stereocenters. The molecule has 166 valence electrons. The SMILES string of the molecule is O=C(N1CCC(OCc2ccc(C(F)(F)F)cc2)CC1)C1(c2ccc(Cl)cc2)CCC1. The van der Waals surface area contributed by atoms with Gasteiger partial charge in [-0.3, -0.25) is 4.79 Å². The second-order valence-corrected chi connectivity index (χ2v) is 8.88. The summed E-state index contributed by atoms with van der Waals surface area (Å²) in [5, 5.41) is 0.664. The summed E-state index contributed by atoms with van der Waals surface area (Å²) in [4.78, 5) is 15.3. The number of rotatable bonds is 5. The van der Waals surface area contributed by atoms with Crippen LogP contribution in [0.25, 0.3) is 0 Å².